The van der Waals surface area contributed by atoms with Crippen LogP contribution in [0.1, 0.15) is 112 Å². The molecule has 50 heavy (non-hydrogen) atoms. The molecule has 8 rings (SSSR count). The first-order valence-electron chi connectivity index (χ1n) is 18.5. The summed E-state index contributed by atoms with van der Waals surface area (Å²) in [6.45, 7) is 9.86. The van der Waals surface area contributed by atoms with Crippen molar-refractivity contribution in [2.75, 3.05) is 21.2 Å². The van der Waals surface area contributed by atoms with Crippen LogP contribution in [0.4, 0.5) is 0 Å². The van der Waals surface area contributed by atoms with Crippen molar-refractivity contribution in [2.24, 2.45) is 28.1 Å². The van der Waals surface area contributed by atoms with Gasteiger partial charge in [-0.1, -0.05) is 53.0 Å². The van der Waals surface area contributed by atoms with Crippen molar-refractivity contribution in [1.82, 2.24) is 18.9 Å². The van der Waals surface area contributed by atoms with Gasteiger partial charge in [-0.15, -0.1) is 0 Å². The second-order valence-electron chi connectivity index (χ2n) is 17.1. The normalized spacial score (nSPS) is 31.1. The molecular formula is C40H52N4O5S. The first kappa shape index (κ1) is 33.8. The third kappa shape index (κ3) is 4.69. The molecule has 4 saturated carbocycles. The third-order valence-electron chi connectivity index (χ3n) is 14.5. The highest BCUT2D eigenvalue weighted by Crippen LogP contribution is 2.70. The number of amides is 2. The second-order valence-corrected chi connectivity index (χ2v) is 19.0. The van der Waals surface area contributed by atoms with Crippen LogP contribution in [0.2, 0.25) is 0 Å². The number of methoxy groups -OCH3 is 1. The maximum absolute atomic E-state index is 15.0. The van der Waals surface area contributed by atoms with Crippen LogP contribution in [-0.2, 0) is 21.5 Å². The predicted octanol–water partition coefficient (Wildman–Crippen LogP) is 6.97. The number of carbonyl (C=O) groups is 2. The molecule has 5 aliphatic rings. The van der Waals surface area contributed by atoms with Gasteiger partial charge < -0.3 is 14.6 Å². The Morgan fingerprint density at radius 2 is 1.74 bits per heavy atom. The summed E-state index contributed by atoms with van der Waals surface area (Å²) in [6, 6.07) is 12.1. The van der Waals surface area contributed by atoms with E-state index in [1.807, 2.05) is 18.2 Å². The summed E-state index contributed by atoms with van der Waals surface area (Å²) in [5.74, 6) is 1.15. The van der Waals surface area contributed by atoms with Crippen molar-refractivity contribution in [1.29, 1.82) is 0 Å². The lowest BCUT2D eigenvalue weighted by Crippen LogP contribution is -2.45. The van der Waals surface area contributed by atoms with Crippen LogP contribution in [0.5, 0.6) is 5.75 Å². The molecule has 1 aromatic heterocycles. The van der Waals surface area contributed by atoms with E-state index >= 15 is 0 Å². The van der Waals surface area contributed by atoms with E-state index in [4.69, 9.17) is 4.74 Å². The molecule has 4 fully saturated rings. The van der Waals surface area contributed by atoms with Gasteiger partial charge >= 0.3 is 10.2 Å². The van der Waals surface area contributed by atoms with Crippen LogP contribution in [0.15, 0.2) is 36.4 Å². The van der Waals surface area contributed by atoms with E-state index in [1.54, 1.807) is 13.2 Å². The number of hydrogen-bond acceptors (Lipinski definition) is 5. The minimum atomic E-state index is -3.98. The van der Waals surface area contributed by atoms with Gasteiger partial charge in [0.1, 0.15) is 5.75 Å². The Morgan fingerprint density at radius 1 is 1.00 bits per heavy atom. The van der Waals surface area contributed by atoms with Crippen molar-refractivity contribution in [2.45, 2.75) is 103 Å². The van der Waals surface area contributed by atoms with E-state index in [9.17, 15) is 18.0 Å². The molecule has 4 aliphatic carbocycles. The van der Waals surface area contributed by atoms with Crippen LogP contribution < -0.4 is 14.8 Å². The molecule has 3 aromatic rings. The Morgan fingerprint density at radius 3 is 2.38 bits per heavy atom. The molecule has 6 atom stereocenters. The molecule has 10 heteroatoms. The van der Waals surface area contributed by atoms with Crippen molar-refractivity contribution < 1.29 is 22.7 Å². The molecular weight excluding hydrogens is 649 g/mol. The molecule has 2 unspecified atom stereocenters. The summed E-state index contributed by atoms with van der Waals surface area (Å²) >= 11 is 0. The van der Waals surface area contributed by atoms with Gasteiger partial charge in [0.2, 0.25) is 5.91 Å². The monoisotopic (exact) mass is 700 g/mol. The number of rotatable bonds is 7. The van der Waals surface area contributed by atoms with E-state index in [1.165, 1.54) is 45.3 Å². The average molecular weight is 701 g/mol. The van der Waals surface area contributed by atoms with E-state index in [2.05, 4.69) is 54.4 Å². The molecule has 0 saturated heterocycles. The number of nitrogens with zero attached hydrogens (tertiary/aromatic N) is 2. The lowest BCUT2D eigenvalue weighted by atomic mass is 9.71. The number of ether oxygens (including phenoxy) is 1. The molecule has 2 bridgehead atoms. The van der Waals surface area contributed by atoms with Gasteiger partial charge in [-0.2, -0.15) is 12.7 Å². The topological polar surface area (TPSA) is 110 Å². The van der Waals surface area contributed by atoms with Crippen molar-refractivity contribution in [3.63, 3.8) is 0 Å². The summed E-state index contributed by atoms with van der Waals surface area (Å²) in [5, 5.41) is 4.73. The third-order valence-corrected chi connectivity index (χ3v) is 15.9. The van der Waals surface area contributed by atoms with Crippen LogP contribution in [0.3, 0.4) is 0 Å². The summed E-state index contributed by atoms with van der Waals surface area (Å²) in [5.41, 5.74) is 5.56. The van der Waals surface area contributed by atoms with Crippen LogP contribution in [-0.4, -0.2) is 56.4 Å². The van der Waals surface area contributed by atoms with Gasteiger partial charge in [0.05, 0.1) is 18.2 Å². The zero-order chi connectivity index (χ0) is 35.5. The molecule has 268 valence electrons. The van der Waals surface area contributed by atoms with Gasteiger partial charge in [-0.05, 0) is 102 Å². The molecule has 2 aromatic carbocycles. The van der Waals surface area contributed by atoms with Crippen LogP contribution >= 0.6 is 0 Å². The van der Waals surface area contributed by atoms with Gasteiger partial charge in [-0.25, -0.2) is 4.72 Å². The summed E-state index contributed by atoms with van der Waals surface area (Å²) in [4.78, 5) is 28.4. The Kier molecular flexibility index (Phi) is 7.64. The van der Waals surface area contributed by atoms with Crippen molar-refractivity contribution in [3.05, 3.63) is 53.1 Å². The lowest BCUT2D eigenvalue weighted by molar-refractivity contribution is -0.128. The highest BCUT2D eigenvalue weighted by Gasteiger charge is 2.70. The Bertz CT molecular complexity index is 2030. The number of benzene rings is 2. The minimum absolute atomic E-state index is 0.0145. The molecule has 0 radical (unpaired) electrons. The summed E-state index contributed by atoms with van der Waals surface area (Å²) in [7, 11) is 0.504. The van der Waals surface area contributed by atoms with Crippen molar-refractivity contribution in [3.8, 4) is 17.0 Å². The smallest absolute Gasteiger partial charge is 0.303 e. The first-order valence-corrected chi connectivity index (χ1v) is 20.0. The predicted molar refractivity (Wildman–Crippen MR) is 195 cm³/mol. The van der Waals surface area contributed by atoms with Crippen LogP contribution in [0, 0.1) is 28.1 Å². The second kappa shape index (κ2) is 11.3. The SMILES string of the molecule is COc1ccc2c(c1)[C@@H]1[C@H](C)[C@]1(C(=O)N[C@H]1CC3(C)CCC1C3(C)C)Cn1c-2c(C2CCCCC2)c2ccc(C(=O)NS(=O)(=O)N(C)C)cc21. The van der Waals surface area contributed by atoms with Gasteiger partial charge in [0.25, 0.3) is 5.91 Å². The fourth-order valence-corrected chi connectivity index (χ4v) is 11.6. The minimum Gasteiger partial charge on any atom is -0.497 e. The van der Waals surface area contributed by atoms with E-state index < -0.39 is 21.5 Å². The van der Waals surface area contributed by atoms with Crippen molar-refractivity contribution >= 4 is 32.9 Å². The fourth-order valence-electron chi connectivity index (χ4n) is 11.0. The summed E-state index contributed by atoms with van der Waals surface area (Å²) < 4.78 is 36.6. The quantitative estimate of drug-likeness (QED) is 0.277. The van der Waals surface area contributed by atoms with Crippen LogP contribution in [0.25, 0.3) is 22.2 Å². The number of fused-ring (bicyclic) bond motifs is 9. The molecule has 2 amide bonds. The Labute approximate surface area is 296 Å². The largest absolute Gasteiger partial charge is 0.497 e. The molecule has 1 aliphatic heterocycles. The molecule has 9 nitrogen and oxygen atoms in total. The highest BCUT2D eigenvalue weighted by atomic mass is 32.2. The van der Waals surface area contributed by atoms with E-state index in [-0.39, 0.29) is 40.2 Å². The zero-order valence-electron chi connectivity index (χ0n) is 30.6. The maximum Gasteiger partial charge on any atom is 0.303 e. The van der Waals surface area contributed by atoms with E-state index in [0.717, 1.165) is 63.5 Å². The lowest BCUT2D eigenvalue weighted by Gasteiger charge is -2.33. The Hall–Kier alpha value is -3.37. The first-order chi connectivity index (χ1) is 23.6. The zero-order valence-corrected chi connectivity index (χ0v) is 31.4. The number of hydrogen-bond donors (Lipinski definition) is 2. The van der Waals surface area contributed by atoms with Gasteiger partial charge in [0.15, 0.2) is 0 Å². The highest BCUT2D eigenvalue weighted by molar-refractivity contribution is 7.87. The number of aromatic nitrogens is 1. The van der Waals surface area contributed by atoms with Gasteiger partial charge in [0, 0.05) is 54.6 Å². The molecule has 2 N–H and O–H groups in total. The number of nitrogens with one attached hydrogen (secondary N) is 2. The molecule has 2 heterocycles. The average Bonchev–Trinajstić information content (AvgIpc) is 3.40. The molecule has 0 spiro atoms. The Balaban J connectivity index is 1.30. The van der Waals surface area contributed by atoms with Gasteiger partial charge in [-0.3, -0.25) is 9.59 Å². The summed E-state index contributed by atoms with van der Waals surface area (Å²) in [6.07, 6.45) is 9.10. The fraction of sp³-hybridized carbons (Fsp3) is 0.600. The number of carbonyl (C=O) groups excluding carboxylic acids is 2. The van der Waals surface area contributed by atoms with E-state index in [0.29, 0.717) is 18.4 Å². The standard InChI is InChI=1S/C40H52N4O5S/c1-23-34-29-20-26(49-7)14-16-27(29)35-33(24-11-9-8-10-12-24)28-15-13-25(36(45)42-50(47,48)43(5)6)19-32(28)44(35)22-40(23,34)37(46)41-31-21-39(4)18-17-30(31)38(39,2)3/h13-16,19-20,23-24,30-31,34H,8-12,17-18,21-22H2,1-7H3,(H,41,46)(H,42,45)/t23-,30?,31-,34-,39?,40+/m0/s1. The maximum atomic E-state index is 15.0.